The molecular formula is C12H22O5. The summed E-state index contributed by atoms with van der Waals surface area (Å²) >= 11 is 0. The number of ether oxygens (including phenoxy) is 1. The Labute approximate surface area is 101 Å². The van der Waals surface area contributed by atoms with Crippen LogP contribution in [0, 0.1) is 0 Å². The predicted molar refractivity (Wildman–Crippen MR) is 60.4 cm³/mol. The Kier molecular flexibility index (Phi) is 3.75. The minimum atomic E-state index is -1.25. The number of hydrogen-bond donors (Lipinski definition) is 4. The Morgan fingerprint density at radius 3 is 2.12 bits per heavy atom. The Balaban J connectivity index is 2.14. The second-order valence-electron chi connectivity index (χ2n) is 5.40. The molecule has 5 atom stereocenters. The summed E-state index contributed by atoms with van der Waals surface area (Å²) in [5.41, 5.74) is -1.08. The second-order valence-corrected chi connectivity index (χ2v) is 5.40. The summed E-state index contributed by atoms with van der Waals surface area (Å²) in [6, 6.07) is 0. The molecule has 1 aliphatic heterocycles. The van der Waals surface area contributed by atoms with E-state index in [4.69, 9.17) is 4.74 Å². The molecular weight excluding hydrogens is 224 g/mol. The lowest BCUT2D eigenvalue weighted by Crippen LogP contribution is -2.64. The van der Waals surface area contributed by atoms with Crippen molar-refractivity contribution in [2.75, 3.05) is 0 Å². The molecule has 17 heavy (non-hydrogen) atoms. The van der Waals surface area contributed by atoms with E-state index < -0.39 is 36.1 Å². The van der Waals surface area contributed by atoms with Crippen LogP contribution in [0.5, 0.6) is 0 Å². The van der Waals surface area contributed by atoms with Gasteiger partial charge >= 0.3 is 0 Å². The molecule has 0 radical (unpaired) electrons. The van der Waals surface area contributed by atoms with Crippen LogP contribution < -0.4 is 0 Å². The van der Waals surface area contributed by atoms with Gasteiger partial charge < -0.3 is 25.2 Å². The smallest absolute Gasteiger partial charge is 0.115 e. The highest BCUT2D eigenvalue weighted by Gasteiger charge is 2.51. The number of rotatable bonds is 1. The highest BCUT2D eigenvalue weighted by Crippen LogP contribution is 2.37. The van der Waals surface area contributed by atoms with Crippen LogP contribution in [0.4, 0.5) is 0 Å². The predicted octanol–water partition coefficient (Wildman–Crippen LogP) is -0.448. The van der Waals surface area contributed by atoms with Gasteiger partial charge in [0.15, 0.2) is 0 Å². The molecule has 1 aliphatic carbocycles. The van der Waals surface area contributed by atoms with Crippen LogP contribution in [0.2, 0.25) is 0 Å². The van der Waals surface area contributed by atoms with Crippen LogP contribution in [0.3, 0.4) is 0 Å². The number of hydrogen-bond acceptors (Lipinski definition) is 5. The van der Waals surface area contributed by atoms with Crippen molar-refractivity contribution >= 4 is 0 Å². The maximum atomic E-state index is 10.5. The third-order valence-corrected chi connectivity index (χ3v) is 4.10. The normalized spacial score (nSPS) is 46.8. The summed E-state index contributed by atoms with van der Waals surface area (Å²) in [4.78, 5) is 0. The van der Waals surface area contributed by atoms with Gasteiger partial charge in [0, 0.05) is 0 Å². The Morgan fingerprint density at radius 2 is 1.53 bits per heavy atom. The minimum absolute atomic E-state index is 0.574. The molecule has 0 bridgehead atoms. The molecule has 2 fully saturated rings. The van der Waals surface area contributed by atoms with E-state index in [0.717, 1.165) is 19.3 Å². The van der Waals surface area contributed by atoms with Crippen LogP contribution in [0.15, 0.2) is 0 Å². The first kappa shape index (κ1) is 13.2. The summed E-state index contributed by atoms with van der Waals surface area (Å²) in [5.74, 6) is 0. The minimum Gasteiger partial charge on any atom is -0.388 e. The van der Waals surface area contributed by atoms with Crippen molar-refractivity contribution in [3.63, 3.8) is 0 Å². The fourth-order valence-corrected chi connectivity index (χ4v) is 2.94. The quantitative estimate of drug-likeness (QED) is 0.503. The molecule has 1 saturated heterocycles. The van der Waals surface area contributed by atoms with Gasteiger partial charge in [0.2, 0.25) is 0 Å². The third kappa shape index (κ3) is 2.35. The van der Waals surface area contributed by atoms with E-state index in [-0.39, 0.29) is 0 Å². The maximum Gasteiger partial charge on any atom is 0.115 e. The molecule has 1 saturated carbocycles. The van der Waals surface area contributed by atoms with Gasteiger partial charge in [-0.05, 0) is 19.8 Å². The molecule has 1 heterocycles. The second kappa shape index (κ2) is 4.82. The fraction of sp³-hybridized carbons (Fsp3) is 1.00. The van der Waals surface area contributed by atoms with Crippen molar-refractivity contribution in [2.24, 2.45) is 0 Å². The van der Waals surface area contributed by atoms with Crippen LogP contribution in [0.25, 0.3) is 0 Å². The lowest BCUT2D eigenvalue weighted by Gasteiger charge is -2.47. The first-order valence-electron chi connectivity index (χ1n) is 6.38. The molecule has 0 aromatic rings. The molecule has 0 spiro atoms. The van der Waals surface area contributed by atoms with Crippen LogP contribution in [0.1, 0.15) is 39.0 Å². The zero-order valence-corrected chi connectivity index (χ0v) is 10.1. The molecule has 2 rings (SSSR count). The lowest BCUT2D eigenvalue weighted by atomic mass is 9.76. The number of aliphatic hydroxyl groups excluding tert-OH is 3. The highest BCUT2D eigenvalue weighted by atomic mass is 16.5. The average Bonchev–Trinajstić information content (AvgIpc) is 2.32. The molecule has 100 valence electrons. The summed E-state index contributed by atoms with van der Waals surface area (Å²) in [6.07, 6.45) is -0.958. The van der Waals surface area contributed by atoms with E-state index in [1.807, 2.05) is 0 Å². The summed E-state index contributed by atoms with van der Waals surface area (Å²) in [7, 11) is 0. The van der Waals surface area contributed by atoms with Crippen molar-refractivity contribution in [3.8, 4) is 0 Å². The molecule has 0 aromatic carbocycles. The van der Waals surface area contributed by atoms with Crippen molar-refractivity contribution < 1.29 is 25.2 Å². The van der Waals surface area contributed by atoms with Gasteiger partial charge in [0.25, 0.3) is 0 Å². The topological polar surface area (TPSA) is 90.2 Å². The van der Waals surface area contributed by atoms with Crippen molar-refractivity contribution in [1.82, 2.24) is 0 Å². The molecule has 5 heteroatoms. The highest BCUT2D eigenvalue weighted by molar-refractivity contribution is 5.01. The van der Waals surface area contributed by atoms with E-state index in [1.54, 1.807) is 6.92 Å². The van der Waals surface area contributed by atoms with Gasteiger partial charge in [-0.3, -0.25) is 0 Å². The molecule has 5 nitrogen and oxygen atoms in total. The zero-order valence-electron chi connectivity index (χ0n) is 10.1. The van der Waals surface area contributed by atoms with Gasteiger partial charge in [0.05, 0.1) is 11.7 Å². The van der Waals surface area contributed by atoms with E-state index in [0.29, 0.717) is 12.8 Å². The van der Waals surface area contributed by atoms with E-state index in [2.05, 4.69) is 0 Å². The standard InChI is InChI=1S/C12H22O5/c1-7-8(13)9(14)10(15)11(17-7)12(16)5-3-2-4-6-12/h7-11,13-16H,2-6H2,1H3/t7-,8+,9+,10-,11?/m1/s1. The zero-order chi connectivity index (χ0) is 12.6. The average molecular weight is 246 g/mol. The lowest BCUT2D eigenvalue weighted by molar-refractivity contribution is -0.265. The fourth-order valence-electron chi connectivity index (χ4n) is 2.94. The van der Waals surface area contributed by atoms with Crippen LogP contribution >= 0.6 is 0 Å². The van der Waals surface area contributed by atoms with Gasteiger partial charge in [-0.1, -0.05) is 19.3 Å². The Hall–Kier alpha value is -0.200. The third-order valence-electron chi connectivity index (χ3n) is 4.10. The largest absolute Gasteiger partial charge is 0.388 e. The van der Waals surface area contributed by atoms with Gasteiger partial charge in [0.1, 0.15) is 24.4 Å². The van der Waals surface area contributed by atoms with E-state index in [9.17, 15) is 20.4 Å². The molecule has 0 aromatic heterocycles. The summed E-state index contributed by atoms with van der Waals surface area (Å²) in [6.45, 7) is 1.64. The Bertz CT molecular complexity index is 264. The molecule has 1 unspecified atom stereocenters. The Morgan fingerprint density at radius 1 is 0.941 bits per heavy atom. The first-order chi connectivity index (χ1) is 7.96. The molecule has 2 aliphatic rings. The van der Waals surface area contributed by atoms with Gasteiger partial charge in [-0.25, -0.2) is 0 Å². The summed E-state index contributed by atoms with van der Waals surface area (Å²) in [5, 5.41) is 39.8. The van der Waals surface area contributed by atoms with Gasteiger partial charge in [-0.15, -0.1) is 0 Å². The SMILES string of the molecule is C[C@H]1OC(C2(O)CCCCC2)[C@H](O)[C@@H](O)[C@H]1O. The number of aliphatic hydroxyl groups is 4. The van der Waals surface area contributed by atoms with Crippen molar-refractivity contribution in [3.05, 3.63) is 0 Å². The van der Waals surface area contributed by atoms with Crippen LogP contribution in [-0.4, -0.2) is 56.5 Å². The van der Waals surface area contributed by atoms with Crippen molar-refractivity contribution in [1.29, 1.82) is 0 Å². The summed E-state index contributed by atoms with van der Waals surface area (Å²) < 4.78 is 5.51. The first-order valence-corrected chi connectivity index (χ1v) is 6.38. The van der Waals surface area contributed by atoms with E-state index >= 15 is 0 Å². The molecule has 4 N–H and O–H groups in total. The monoisotopic (exact) mass is 246 g/mol. The van der Waals surface area contributed by atoms with E-state index in [1.165, 1.54) is 0 Å². The van der Waals surface area contributed by atoms with Gasteiger partial charge in [-0.2, -0.15) is 0 Å². The molecule has 0 amide bonds. The van der Waals surface area contributed by atoms with Crippen molar-refractivity contribution in [2.45, 2.75) is 75.1 Å². The van der Waals surface area contributed by atoms with Crippen LogP contribution in [-0.2, 0) is 4.74 Å². The maximum absolute atomic E-state index is 10.5.